The molecule has 5 heteroatoms. The van der Waals surface area contributed by atoms with Crippen LogP contribution in [0, 0.1) is 17.3 Å². The second-order valence-electron chi connectivity index (χ2n) is 11.1. The van der Waals surface area contributed by atoms with Gasteiger partial charge in [0.05, 0.1) is 5.70 Å². The lowest BCUT2D eigenvalue weighted by Crippen LogP contribution is -2.50. The quantitative estimate of drug-likeness (QED) is 0.404. The molecular formula is C30H35N3O2. The van der Waals surface area contributed by atoms with E-state index in [4.69, 9.17) is 0 Å². The lowest BCUT2D eigenvalue weighted by Gasteiger charge is -2.41. The van der Waals surface area contributed by atoms with Gasteiger partial charge in [0.2, 0.25) is 0 Å². The summed E-state index contributed by atoms with van der Waals surface area (Å²) in [6.45, 7) is 6.35. The van der Waals surface area contributed by atoms with Crippen LogP contribution in [0.5, 0.6) is 0 Å². The molecule has 0 radical (unpaired) electrons. The molecule has 1 spiro atoms. The van der Waals surface area contributed by atoms with E-state index in [0.29, 0.717) is 24.3 Å². The number of carbonyl (C=O) groups is 2. The first-order valence-electron chi connectivity index (χ1n) is 13.3. The fraction of sp³-hybridized carbons (Fsp3) is 0.500. The number of amides is 2. The average molecular weight is 470 g/mol. The molecule has 6 rings (SSSR count). The van der Waals surface area contributed by atoms with Gasteiger partial charge >= 0.3 is 6.03 Å². The number of carbonyl (C=O) groups excluding carboxylic acids is 2. The third-order valence-electron chi connectivity index (χ3n) is 9.23. The zero-order valence-electron chi connectivity index (χ0n) is 20.5. The molecule has 3 fully saturated rings. The summed E-state index contributed by atoms with van der Waals surface area (Å²) in [7, 11) is 0. The molecule has 2 amide bonds. The first-order chi connectivity index (χ1) is 17.1. The number of piperidine rings is 1. The maximum absolute atomic E-state index is 12.7. The zero-order valence-corrected chi connectivity index (χ0v) is 20.5. The van der Waals surface area contributed by atoms with E-state index < -0.39 is 0 Å². The van der Waals surface area contributed by atoms with Crippen molar-refractivity contribution in [2.75, 3.05) is 18.4 Å². The summed E-state index contributed by atoms with van der Waals surface area (Å²) < 4.78 is 0. The van der Waals surface area contributed by atoms with Crippen LogP contribution in [-0.4, -0.2) is 41.2 Å². The van der Waals surface area contributed by atoms with Crippen molar-refractivity contribution in [3.8, 4) is 0 Å². The Kier molecular flexibility index (Phi) is 5.69. The molecule has 3 aliphatic carbocycles. The molecule has 5 aliphatic rings. The van der Waals surface area contributed by atoms with Crippen LogP contribution in [0.15, 0.2) is 65.6 Å². The highest BCUT2D eigenvalue weighted by molar-refractivity contribution is 5.92. The predicted octanol–water partition coefficient (Wildman–Crippen LogP) is 5.82. The average Bonchev–Trinajstić information content (AvgIpc) is 3.49. The SMILES string of the molecule is C=C=C(CC(C=O)CC1=CC=C2CCCC23CC13)N1CCC(N2Cc3ccccc3NC2=O)CC1. The number of hydrogen-bond donors (Lipinski definition) is 1. The molecule has 2 aliphatic heterocycles. The summed E-state index contributed by atoms with van der Waals surface area (Å²) >= 11 is 0. The highest BCUT2D eigenvalue weighted by Gasteiger charge is 2.60. The fourth-order valence-electron chi connectivity index (χ4n) is 7.21. The number of anilines is 1. The minimum atomic E-state index is -0.0263. The van der Waals surface area contributed by atoms with Crippen molar-refractivity contribution in [2.45, 2.75) is 64.0 Å². The third-order valence-corrected chi connectivity index (χ3v) is 9.23. The lowest BCUT2D eigenvalue weighted by molar-refractivity contribution is -0.111. The topological polar surface area (TPSA) is 52.7 Å². The van der Waals surface area contributed by atoms with Crippen molar-refractivity contribution in [1.82, 2.24) is 9.80 Å². The predicted molar refractivity (Wildman–Crippen MR) is 138 cm³/mol. The van der Waals surface area contributed by atoms with Gasteiger partial charge in [-0.25, -0.2) is 4.79 Å². The van der Waals surface area contributed by atoms with Crippen molar-refractivity contribution in [3.05, 3.63) is 71.1 Å². The van der Waals surface area contributed by atoms with Gasteiger partial charge in [-0.2, -0.15) is 0 Å². The minimum Gasteiger partial charge on any atom is -0.368 e. The molecule has 3 atom stereocenters. The largest absolute Gasteiger partial charge is 0.368 e. The molecule has 1 aromatic carbocycles. The summed E-state index contributed by atoms with van der Waals surface area (Å²) in [4.78, 5) is 29.1. The molecule has 1 saturated heterocycles. The van der Waals surface area contributed by atoms with Gasteiger partial charge in [-0.05, 0) is 67.9 Å². The fourth-order valence-corrected chi connectivity index (χ4v) is 7.21. The van der Waals surface area contributed by atoms with Crippen LogP contribution in [0.2, 0.25) is 0 Å². The number of nitrogens with one attached hydrogen (secondary N) is 1. The molecular weight excluding hydrogens is 434 g/mol. The Morgan fingerprint density at radius 1 is 1.26 bits per heavy atom. The van der Waals surface area contributed by atoms with Gasteiger partial charge in [0.25, 0.3) is 0 Å². The van der Waals surface area contributed by atoms with Crippen molar-refractivity contribution in [1.29, 1.82) is 0 Å². The van der Waals surface area contributed by atoms with Crippen LogP contribution in [0.3, 0.4) is 0 Å². The van der Waals surface area contributed by atoms with Crippen LogP contribution in [0.4, 0.5) is 10.5 Å². The first-order valence-corrected chi connectivity index (χ1v) is 13.3. The Morgan fingerprint density at radius 2 is 2.09 bits per heavy atom. The second-order valence-corrected chi connectivity index (χ2v) is 11.1. The van der Waals surface area contributed by atoms with Gasteiger partial charge in [-0.1, -0.05) is 48.1 Å². The van der Waals surface area contributed by atoms with Crippen molar-refractivity contribution >= 4 is 18.0 Å². The molecule has 2 saturated carbocycles. The number of likely N-dealkylation sites (tertiary alicyclic amines) is 1. The van der Waals surface area contributed by atoms with Gasteiger partial charge in [-0.15, -0.1) is 5.73 Å². The summed E-state index contributed by atoms with van der Waals surface area (Å²) in [5.74, 6) is 0.654. The second kappa shape index (κ2) is 8.87. The van der Waals surface area contributed by atoms with Gasteiger partial charge in [0.15, 0.2) is 0 Å². The number of para-hydroxylation sites is 1. The van der Waals surface area contributed by atoms with E-state index in [9.17, 15) is 9.59 Å². The Hall–Kier alpha value is -3.04. The molecule has 1 aromatic rings. The summed E-state index contributed by atoms with van der Waals surface area (Å²) in [5, 5.41) is 3.04. The molecule has 1 N–H and O–H groups in total. The van der Waals surface area contributed by atoms with Crippen molar-refractivity contribution in [2.24, 2.45) is 17.3 Å². The maximum Gasteiger partial charge on any atom is 0.322 e. The molecule has 0 bridgehead atoms. The van der Waals surface area contributed by atoms with E-state index in [1.807, 2.05) is 23.1 Å². The van der Waals surface area contributed by atoms with E-state index in [1.165, 1.54) is 36.8 Å². The molecule has 182 valence electrons. The Balaban J connectivity index is 1.05. The van der Waals surface area contributed by atoms with Crippen LogP contribution in [0.1, 0.15) is 56.9 Å². The minimum absolute atomic E-state index is 0.000675. The molecule has 0 aromatic heterocycles. The number of nitrogens with zero attached hydrogens (tertiary/aromatic N) is 2. The number of rotatable bonds is 7. The maximum atomic E-state index is 12.7. The Morgan fingerprint density at radius 3 is 2.89 bits per heavy atom. The highest BCUT2D eigenvalue weighted by Crippen LogP contribution is 2.70. The number of aldehydes is 1. The van der Waals surface area contributed by atoms with E-state index in [2.05, 4.69) is 40.7 Å². The monoisotopic (exact) mass is 469 g/mol. The molecule has 2 heterocycles. The first kappa shape index (κ1) is 22.4. The smallest absolute Gasteiger partial charge is 0.322 e. The number of urea groups is 1. The number of allylic oxidation sites excluding steroid dienone is 5. The zero-order chi connectivity index (χ0) is 24.0. The Labute approximate surface area is 208 Å². The van der Waals surface area contributed by atoms with Gasteiger partial charge in [0.1, 0.15) is 6.29 Å². The number of hydrogen-bond acceptors (Lipinski definition) is 3. The van der Waals surface area contributed by atoms with Crippen LogP contribution in [-0.2, 0) is 11.3 Å². The van der Waals surface area contributed by atoms with E-state index in [-0.39, 0.29) is 18.0 Å². The van der Waals surface area contributed by atoms with E-state index in [0.717, 1.165) is 50.0 Å². The van der Waals surface area contributed by atoms with E-state index >= 15 is 0 Å². The number of benzene rings is 1. The van der Waals surface area contributed by atoms with Crippen LogP contribution in [0.25, 0.3) is 0 Å². The summed E-state index contributed by atoms with van der Waals surface area (Å²) in [6.07, 6.45) is 14.4. The Bertz CT molecular complexity index is 1150. The van der Waals surface area contributed by atoms with Crippen molar-refractivity contribution in [3.63, 3.8) is 0 Å². The standard InChI is InChI=1S/C30H35N3O2/c1-2-25(17-21(20-34)16-22-9-10-24-7-5-13-30(24)18-27(22)30)32-14-11-26(12-15-32)33-19-23-6-3-4-8-28(23)31-29(33)35/h3-4,6,8-10,20-21,26-27H,1,5,7,11-19H2,(H,31,35). The molecule has 5 nitrogen and oxygen atoms in total. The lowest BCUT2D eigenvalue weighted by atomic mass is 9.84. The van der Waals surface area contributed by atoms with Crippen molar-refractivity contribution < 1.29 is 9.59 Å². The molecule has 35 heavy (non-hydrogen) atoms. The van der Waals surface area contributed by atoms with Gasteiger partial charge < -0.3 is 19.9 Å². The molecule has 3 unspecified atom stereocenters. The van der Waals surface area contributed by atoms with Crippen LogP contribution >= 0.6 is 0 Å². The van der Waals surface area contributed by atoms with Crippen LogP contribution < -0.4 is 5.32 Å². The summed E-state index contributed by atoms with van der Waals surface area (Å²) in [6, 6.07) is 8.26. The highest BCUT2D eigenvalue weighted by atomic mass is 16.2. The van der Waals surface area contributed by atoms with E-state index in [1.54, 1.807) is 5.57 Å². The number of fused-ring (bicyclic) bond motifs is 1. The van der Waals surface area contributed by atoms with Gasteiger partial charge in [0, 0.05) is 43.7 Å². The van der Waals surface area contributed by atoms with Gasteiger partial charge in [-0.3, -0.25) is 0 Å². The normalized spacial score (nSPS) is 28.0. The third kappa shape index (κ3) is 3.96. The summed E-state index contributed by atoms with van der Waals surface area (Å²) in [5.41, 5.74) is 9.91.